The summed E-state index contributed by atoms with van der Waals surface area (Å²) < 4.78 is 34.2. The summed E-state index contributed by atoms with van der Waals surface area (Å²) in [5.74, 6) is -2.86. The molecule has 4 amide bonds. The molecule has 0 radical (unpaired) electrons. The zero-order chi connectivity index (χ0) is 39.8. The van der Waals surface area contributed by atoms with Crippen LogP contribution >= 0.6 is 0 Å². The topological polar surface area (TPSA) is 146 Å². The Hall–Kier alpha value is -3.90. The fourth-order valence-corrected chi connectivity index (χ4v) is 5.90. The van der Waals surface area contributed by atoms with E-state index >= 15 is 0 Å². The highest BCUT2D eigenvalue weighted by atomic mass is 19.1. The van der Waals surface area contributed by atoms with E-state index in [2.05, 4.69) is 35.1 Å². The van der Waals surface area contributed by atoms with Crippen molar-refractivity contribution in [3.63, 3.8) is 0 Å². The van der Waals surface area contributed by atoms with Gasteiger partial charge in [-0.3, -0.25) is 19.2 Å². The average Bonchev–Trinajstić information content (AvgIpc) is 3.14. The van der Waals surface area contributed by atoms with E-state index in [1.54, 1.807) is 0 Å². The van der Waals surface area contributed by atoms with Crippen LogP contribution in [-0.2, 0) is 36.9 Å². The molecule has 0 fully saturated rings. The first-order valence-electron chi connectivity index (χ1n) is 19.7. The molecule has 302 valence electrons. The van der Waals surface area contributed by atoms with Gasteiger partial charge < -0.3 is 31.1 Å². The minimum absolute atomic E-state index is 0.0598. The zero-order valence-electron chi connectivity index (χ0n) is 32.8. The molecule has 2 aromatic rings. The molecule has 0 saturated heterocycles. The fraction of sp³-hybridized carbons (Fsp3) is 0.619. The molecule has 0 aliphatic heterocycles. The maximum atomic E-state index is 14.5. The Morgan fingerprint density at radius 3 is 1.98 bits per heavy atom. The Kier molecular flexibility index (Phi) is 22.3. The summed E-state index contributed by atoms with van der Waals surface area (Å²) in [5.41, 5.74) is 0.302. The minimum atomic E-state index is -1.59. The van der Waals surface area contributed by atoms with Crippen molar-refractivity contribution in [3.05, 3.63) is 71.3 Å². The summed E-state index contributed by atoms with van der Waals surface area (Å²) >= 11 is 0. The van der Waals surface area contributed by atoms with E-state index in [0.717, 1.165) is 75.1 Å². The normalized spacial score (nSPS) is 13.1. The molecule has 0 spiro atoms. The van der Waals surface area contributed by atoms with Gasteiger partial charge in [0.1, 0.15) is 11.6 Å². The Morgan fingerprint density at radius 1 is 0.759 bits per heavy atom. The number of aliphatic hydroxyl groups excluding tert-OH is 1. The van der Waals surface area contributed by atoms with Crippen molar-refractivity contribution in [2.45, 2.75) is 142 Å². The van der Waals surface area contributed by atoms with Gasteiger partial charge in [-0.15, -0.1) is 0 Å². The Labute approximate surface area is 321 Å². The van der Waals surface area contributed by atoms with Crippen LogP contribution in [0.5, 0.6) is 0 Å². The number of carbonyl (C=O) groups is 4. The lowest BCUT2D eigenvalue weighted by atomic mass is 9.93. The molecule has 0 heterocycles. The predicted octanol–water partition coefficient (Wildman–Crippen LogP) is 6.42. The fourth-order valence-electron chi connectivity index (χ4n) is 5.90. The minimum Gasteiger partial charge on any atom is -0.381 e. The van der Waals surface area contributed by atoms with Crippen LogP contribution in [0.4, 0.5) is 8.78 Å². The van der Waals surface area contributed by atoms with Crippen molar-refractivity contribution in [1.82, 2.24) is 21.3 Å². The summed E-state index contributed by atoms with van der Waals surface area (Å²) in [7, 11) is 0. The maximum Gasteiger partial charge on any atom is 0.251 e. The second-order valence-electron chi connectivity index (χ2n) is 15.0. The molecule has 0 bridgehead atoms. The van der Waals surface area contributed by atoms with Gasteiger partial charge in [0, 0.05) is 38.4 Å². The van der Waals surface area contributed by atoms with E-state index in [4.69, 9.17) is 4.74 Å². The lowest BCUT2D eigenvalue weighted by Crippen LogP contribution is -2.54. The smallest absolute Gasteiger partial charge is 0.251 e. The van der Waals surface area contributed by atoms with E-state index in [1.807, 2.05) is 44.2 Å². The summed E-state index contributed by atoms with van der Waals surface area (Å²) in [6.45, 7) is 8.24. The van der Waals surface area contributed by atoms with Crippen LogP contribution in [0.1, 0.15) is 122 Å². The molecule has 0 aromatic heterocycles. The molecule has 54 heavy (non-hydrogen) atoms. The van der Waals surface area contributed by atoms with Crippen LogP contribution in [0.25, 0.3) is 0 Å². The second kappa shape index (κ2) is 26.0. The standard InChI is InChI=1S/C42H64F2N4O6/c1-5-7-9-11-16-20-37(49)47-34(25-32-24-33(43)22-23-35(32)44)26-39(51)45-29-42(3,4)30-46-41(53)40(52)36(28-54-27-31-18-14-13-15-19-31)48-38(50)21-17-12-10-8-6-2/h13-15,18-19,22-24,34,36,40,52H,5-12,16-17,20-21,25-30H2,1-4H3,(H,45,51)(H,46,53)(H,47,49)(H,48,50). The third kappa shape index (κ3) is 20.0. The highest BCUT2D eigenvalue weighted by Crippen LogP contribution is 2.16. The number of hydrogen-bond acceptors (Lipinski definition) is 6. The number of hydrogen-bond donors (Lipinski definition) is 5. The molecule has 5 N–H and O–H groups in total. The first-order valence-corrected chi connectivity index (χ1v) is 19.7. The van der Waals surface area contributed by atoms with E-state index in [-0.39, 0.29) is 69.4 Å². The lowest BCUT2D eigenvalue weighted by molar-refractivity contribution is -0.134. The van der Waals surface area contributed by atoms with Crippen LogP contribution in [0, 0.1) is 17.0 Å². The largest absolute Gasteiger partial charge is 0.381 e. The summed E-state index contributed by atoms with van der Waals surface area (Å²) in [5, 5.41) is 22.2. The zero-order valence-corrected chi connectivity index (χ0v) is 32.8. The van der Waals surface area contributed by atoms with Crippen LogP contribution in [0.15, 0.2) is 48.5 Å². The molecule has 10 nitrogen and oxygen atoms in total. The van der Waals surface area contributed by atoms with Crippen LogP contribution in [0.3, 0.4) is 0 Å². The number of amides is 4. The Morgan fingerprint density at radius 2 is 1.35 bits per heavy atom. The summed E-state index contributed by atoms with van der Waals surface area (Å²) in [4.78, 5) is 51.8. The molecular formula is C42H64F2N4O6. The number of ether oxygens (including phenoxy) is 1. The Bertz CT molecular complexity index is 1410. The molecule has 12 heteroatoms. The number of benzene rings is 2. The summed E-state index contributed by atoms with van der Waals surface area (Å²) in [6, 6.07) is 10.8. The van der Waals surface area contributed by atoms with Gasteiger partial charge in [-0.2, -0.15) is 0 Å². The lowest BCUT2D eigenvalue weighted by Gasteiger charge is -2.28. The molecular weight excluding hydrogens is 694 g/mol. The van der Waals surface area contributed by atoms with Gasteiger partial charge in [-0.1, -0.05) is 109 Å². The molecule has 0 aliphatic carbocycles. The third-order valence-electron chi connectivity index (χ3n) is 9.20. The molecule has 2 aromatic carbocycles. The van der Waals surface area contributed by atoms with Crippen molar-refractivity contribution in [1.29, 1.82) is 0 Å². The predicted molar refractivity (Wildman–Crippen MR) is 207 cm³/mol. The van der Waals surface area contributed by atoms with Crippen molar-refractivity contribution in [2.75, 3.05) is 19.7 Å². The monoisotopic (exact) mass is 758 g/mol. The Balaban J connectivity index is 1.96. The number of aliphatic hydroxyl groups is 1. The molecule has 3 atom stereocenters. The maximum absolute atomic E-state index is 14.5. The van der Waals surface area contributed by atoms with E-state index in [1.165, 1.54) is 0 Å². The quantitative estimate of drug-likeness (QED) is 0.0634. The highest BCUT2D eigenvalue weighted by Gasteiger charge is 2.30. The molecule has 3 unspecified atom stereocenters. The van der Waals surface area contributed by atoms with Crippen LogP contribution in [-0.4, -0.2) is 66.6 Å². The van der Waals surface area contributed by atoms with Gasteiger partial charge in [0.05, 0.1) is 19.3 Å². The number of unbranched alkanes of at least 4 members (excludes halogenated alkanes) is 8. The summed E-state index contributed by atoms with van der Waals surface area (Å²) in [6.07, 6.45) is 8.40. The SMILES string of the molecule is CCCCCCCC(=O)NC(CC(=O)NCC(C)(C)CNC(=O)C(O)C(COCc1ccccc1)NC(=O)CCCCCCC)Cc1cc(F)ccc1F. The van der Waals surface area contributed by atoms with Gasteiger partial charge in [0.25, 0.3) is 5.91 Å². The van der Waals surface area contributed by atoms with Gasteiger partial charge in [0.2, 0.25) is 17.7 Å². The van der Waals surface area contributed by atoms with E-state index in [0.29, 0.717) is 12.8 Å². The first kappa shape index (κ1) is 46.3. The molecule has 0 saturated carbocycles. The van der Waals surface area contributed by atoms with Gasteiger partial charge in [-0.05, 0) is 54.0 Å². The number of rotatable bonds is 28. The van der Waals surface area contributed by atoms with E-state index in [9.17, 15) is 33.1 Å². The van der Waals surface area contributed by atoms with E-state index < -0.39 is 47.1 Å². The first-order chi connectivity index (χ1) is 25.8. The average molecular weight is 759 g/mol. The number of nitrogens with one attached hydrogen (secondary N) is 4. The highest BCUT2D eigenvalue weighted by molar-refractivity contribution is 5.83. The van der Waals surface area contributed by atoms with Crippen molar-refractivity contribution in [3.8, 4) is 0 Å². The van der Waals surface area contributed by atoms with Crippen LogP contribution < -0.4 is 21.3 Å². The van der Waals surface area contributed by atoms with Crippen LogP contribution in [0.2, 0.25) is 0 Å². The van der Waals surface area contributed by atoms with Crippen molar-refractivity contribution in [2.24, 2.45) is 5.41 Å². The number of halogens is 2. The molecule has 0 aliphatic rings. The van der Waals surface area contributed by atoms with Gasteiger partial charge in [0.15, 0.2) is 6.10 Å². The third-order valence-corrected chi connectivity index (χ3v) is 9.20. The molecule has 2 rings (SSSR count). The van der Waals surface area contributed by atoms with Crippen molar-refractivity contribution < 1.29 is 37.8 Å². The number of carbonyl (C=O) groups excluding carboxylic acids is 4. The van der Waals surface area contributed by atoms with Gasteiger partial charge >= 0.3 is 0 Å². The second-order valence-corrected chi connectivity index (χ2v) is 15.0. The van der Waals surface area contributed by atoms with Gasteiger partial charge in [-0.25, -0.2) is 8.78 Å². The van der Waals surface area contributed by atoms with Crippen molar-refractivity contribution >= 4 is 23.6 Å².